The van der Waals surface area contributed by atoms with Crippen molar-refractivity contribution in [2.24, 2.45) is 5.92 Å². The third-order valence-electron chi connectivity index (χ3n) is 5.46. The molecule has 2 heteroatoms. The van der Waals surface area contributed by atoms with Crippen LogP contribution in [-0.2, 0) is 0 Å². The Balaban J connectivity index is 1.59. The van der Waals surface area contributed by atoms with E-state index in [0.717, 1.165) is 5.92 Å². The molecule has 1 aromatic heterocycles. The van der Waals surface area contributed by atoms with Gasteiger partial charge < -0.3 is 0 Å². The van der Waals surface area contributed by atoms with E-state index in [1.807, 2.05) is 0 Å². The smallest absolute Gasteiger partial charge is 0.177 e. The minimum atomic E-state index is 0.713. The molecule has 1 unspecified atom stereocenters. The monoisotopic (exact) mass is 307 g/mol. The number of aromatic nitrogens is 1. The molecule has 0 aromatic carbocycles. The number of hydrogen-bond acceptors (Lipinski definition) is 1. The van der Waals surface area contributed by atoms with Crippen molar-refractivity contribution in [3.05, 3.63) is 58.5 Å². The summed E-state index contributed by atoms with van der Waals surface area (Å²) in [6.07, 6.45) is 14.9. The Labute approximate surface area is 139 Å². The molecule has 0 bridgehead atoms. The summed E-state index contributed by atoms with van der Waals surface area (Å²) in [5.41, 5.74) is 6.81. The van der Waals surface area contributed by atoms with Crippen LogP contribution in [0.5, 0.6) is 0 Å². The van der Waals surface area contributed by atoms with Gasteiger partial charge in [0.2, 0.25) is 0 Å². The van der Waals surface area contributed by atoms with Crippen LogP contribution >= 0.6 is 0 Å². The van der Waals surface area contributed by atoms with Crippen molar-refractivity contribution in [3.8, 4) is 0 Å². The SMILES string of the molecule is Cc1cc(/C=C/C2=CC3CCCN4CCCC(=C2)[C@H]34)cc(C)[nH+]1. The van der Waals surface area contributed by atoms with E-state index in [1.165, 1.54) is 61.3 Å². The third-order valence-corrected chi connectivity index (χ3v) is 5.46. The molecule has 23 heavy (non-hydrogen) atoms. The molecule has 0 radical (unpaired) electrons. The van der Waals surface area contributed by atoms with E-state index in [-0.39, 0.29) is 0 Å². The number of rotatable bonds is 2. The Morgan fingerprint density at radius 1 is 1.09 bits per heavy atom. The highest BCUT2D eigenvalue weighted by atomic mass is 15.2. The minimum absolute atomic E-state index is 0.713. The van der Waals surface area contributed by atoms with Gasteiger partial charge in [0, 0.05) is 32.0 Å². The first-order chi connectivity index (χ1) is 11.2. The Kier molecular flexibility index (Phi) is 3.94. The topological polar surface area (TPSA) is 17.4 Å². The predicted molar refractivity (Wildman–Crippen MR) is 95.0 cm³/mol. The normalized spacial score (nSPS) is 27.6. The second-order valence-corrected chi connectivity index (χ2v) is 7.39. The zero-order valence-corrected chi connectivity index (χ0v) is 14.3. The van der Waals surface area contributed by atoms with Crippen LogP contribution in [0, 0.1) is 19.8 Å². The van der Waals surface area contributed by atoms with Crippen molar-refractivity contribution in [1.29, 1.82) is 0 Å². The summed E-state index contributed by atoms with van der Waals surface area (Å²) in [6.45, 7) is 6.85. The summed E-state index contributed by atoms with van der Waals surface area (Å²) in [5.74, 6) is 0.733. The van der Waals surface area contributed by atoms with Gasteiger partial charge in [-0.25, -0.2) is 4.98 Å². The summed E-state index contributed by atoms with van der Waals surface area (Å²) in [4.78, 5) is 6.07. The number of nitrogens with one attached hydrogen (secondary N) is 1. The number of nitrogens with zero attached hydrogens (tertiary/aromatic N) is 1. The highest BCUT2D eigenvalue weighted by Crippen LogP contribution is 2.39. The van der Waals surface area contributed by atoms with Gasteiger partial charge in [0.05, 0.1) is 0 Å². The molecule has 1 aromatic rings. The van der Waals surface area contributed by atoms with Crippen molar-refractivity contribution >= 4 is 6.08 Å². The van der Waals surface area contributed by atoms with Gasteiger partial charge in [-0.15, -0.1) is 0 Å². The number of allylic oxidation sites excluding steroid dienone is 3. The van der Waals surface area contributed by atoms with Gasteiger partial charge in [-0.1, -0.05) is 29.9 Å². The van der Waals surface area contributed by atoms with Gasteiger partial charge in [0.1, 0.15) is 0 Å². The number of piperidine rings is 2. The highest BCUT2D eigenvalue weighted by molar-refractivity contribution is 5.56. The fraction of sp³-hybridized carbons (Fsp3) is 0.476. The molecule has 2 atom stereocenters. The number of aromatic amines is 1. The fourth-order valence-corrected chi connectivity index (χ4v) is 4.65. The highest BCUT2D eigenvalue weighted by Gasteiger charge is 2.36. The number of aryl methyl sites for hydroxylation is 2. The van der Waals surface area contributed by atoms with Crippen LogP contribution in [0.1, 0.15) is 42.6 Å². The third kappa shape index (κ3) is 3.05. The summed E-state index contributed by atoms with van der Waals surface area (Å²) >= 11 is 0. The standard InChI is InChI=1S/C21H26N2/c1-15-11-17(12-16(2)22-15)7-8-18-13-19-5-3-9-23-10-4-6-20(14-18)21(19)23/h7-8,11-14,19,21H,3-6,9-10H2,1-2H3/p+1/b8-7+/t19?,21-/m0/s1. The van der Waals surface area contributed by atoms with Gasteiger partial charge in [0.25, 0.3) is 0 Å². The Morgan fingerprint density at radius 3 is 2.70 bits per heavy atom. The lowest BCUT2D eigenvalue weighted by Crippen LogP contribution is -2.49. The number of pyridine rings is 1. The first kappa shape index (κ1) is 14.9. The van der Waals surface area contributed by atoms with Crippen LogP contribution in [-0.4, -0.2) is 24.0 Å². The van der Waals surface area contributed by atoms with Crippen LogP contribution in [0.2, 0.25) is 0 Å². The first-order valence-corrected chi connectivity index (χ1v) is 9.04. The van der Waals surface area contributed by atoms with Crippen molar-refractivity contribution in [1.82, 2.24) is 4.90 Å². The van der Waals surface area contributed by atoms with E-state index in [9.17, 15) is 0 Å². The summed E-state index contributed by atoms with van der Waals surface area (Å²) < 4.78 is 0. The zero-order valence-electron chi connectivity index (χ0n) is 14.3. The molecule has 3 aliphatic rings. The summed E-state index contributed by atoms with van der Waals surface area (Å²) in [6, 6.07) is 5.14. The zero-order chi connectivity index (χ0) is 15.8. The molecule has 2 saturated heterocycles. The molecule has 0 amide bonds. The molecular formula is C21H27N2+. The van der Waals surface area contributed by atoms with Gasteiger partial charge >= 0.3 is 0 Å². The fourth-order valence-electron chi connectivity index (χ4n) is 4.65. The molecule has 0 saturated carbocycles. The second kappa shape index (κ2) is 6.09. The first-order valence-electron chi connectivity index (χ1n) is 9.04. The van der Waals surface area contributed by atoms with E-state index in [1.54, 1.807) is 5.57 Å². The van der Waals surface area contributed by atoms with Crippen LogP contribution in [0.15, 0.2) is 41.5 Å². The van der Waals surface area contributed by atoms with Crippen LogP contribution in [0.3, 0.4) is 0 Å². The van der Waals surface area contributed by atoms with Crippen LogP contribution in [0.25, 0.3) is 6.08 Å². The van der Waals surface area contributed by atoms with Gasteiger partial charge in [-0.2, -0.15) is 0 Å². The van der Waals surface area contributed by atoms with E-state index in [0.29, 0.717) is 6.04 Å². The molecule has 3 heterocycles. The lowest BCUT2D eigenvalue weighted by molar-refractivity contribution is -0.396. The number of hydrogen-bond donors (Lipinski definition) is 0. The van der Waals surface area contributed by atoms with Crippen molar-refractivity contribution in [2.45, 2.75) is 45.6 Å². The van der Waals surface area contributed by atoms with Gasteiger partial charge in [0.15, 0.2) is 11.4 Å². The van der Waals surface area contributed by atoms with Crippen molar-refractivity contribution in [2.75, 3.05) is 13.1 Å². The van der Waals surface area contributed by atoms with Crippen LogP contribution in [0.4, 0.5) is 0 Å². The van der Waals surface area contributed by atoms with Gasteiger partial charge in [-0.3, -0.25) is 4.90 Å². The molecule has 2 aliphatic heterocycles. The lowest BCUT2D eigenvalue weighted by Gasteiger charge is -2.46. The molecule has 2 fully saturated rings. The van der Waals surface area contributed by atoms with E-state index in [2.05, 4.69) is 60.2 Å². The maximum Gasteiger partial charge on any atom is 0.177 e. The lowest BCUT2D eigenvalue weighted by atomic mass is 9.76. The number of H-pyrrole nitrogens is 1. The summed E-state index contributed by atoms with van der Waals surface area (Å²) in [5, 5.41) is 0. The van der Waals surface area contributed by atoms with E-state index < -0.39 is 0 Å². The average molecular weight is 307 g/mol. The quantitative estimate of drug-likeness (QED) is 0.811. The Bertz CT molecular complexity index is 674. The second-order valence-electron chi connectivity index (χ2n) is 7.39. The van der Waals surface area contributed by atoms with E-state index >= 15 is 0 Å². The molecule has 1 aliphatic carbocycles. The molecule has 1 N–H and O–H groups in total. The average Bonchev–Trinajstić information content (AvgIpc) is 2.53. The Morgan fingerprint density at radius 2 is 1.87 bits per heavy atom. The Hall–Kier alpha value is -1.67. The molecule has 2 nitrogen and oxygen atoms in total. The molecular weight excluding hydrogens is 280 g/mol. The van der Waals surface area contributed by atoms with Crippen molar-refractivity contribution < 1.29 is 4.98 Å². The van der Waals surface area contributed by atoms with Crippen LogP contribution < -0.4 is 4.98 Å². The minimum Gasteiger partial charge on any atom is -0.296 e. The van der Waals surface area contributed by atoms with E-state index in [4.69, 9.17) is 0 Å². The van der Waals surface area contributed by atoms with Crippen molar-refractivity contribution in [3.63, 3.8) is 0 Å². The molecule has 0 spiro atoms. The maximum atomic E-state index is 3.35. The molecule has 4 rings (SSSR count). The summed E-state index contributed by atoms with van der Waals surface area (Å²) in [7, 11) is 0. The molecule has 120 valence electrons. The largest absolute Gasteiger partial charge is 0.296 e. The maximum absolute atomic E-state index is 3.35. The van der Waals surface area contributed by atoms with Gasteiger partial charge in [-0.05, 0) is 55.8 Å². The predicted octanol–water partition coefficient (Wildman–Crippen LogP) is 3.87.